The standard InChI is InChI=1S/C21H17FN4O3/c1-25-19-17(20(28)26(2)21(25)29)23-16(24-19)11-12-3-5-13(6-4-12)18(27)14-7-9-15(22)10-8-14/h3-10H,11H2,1-2H3,(H,23,24). The van der Waals surface area contributed by atoms with E-state index in [1.54, 1.807) is 31.3 Å². The molecule has 0 radical (unpaired) electrons. The number of aryl methyl sites for hydroxylation is 1. The summed E-state index contributed by atoms with van der Waals surface area (Å²) in [5.41, 5.74) is 1.48. The van der Waals surface area contributed by atoms with Crippen molar-refractivity contribution in [2.24, 2.45) is 14.1 Å². The SMILES string of the molecule is Cn1c(=O)c2[nH]c(Cc3ccc(C(=O)c4ccc(F)cc4)cc3)nc2n(C)c1=O. The van der Waals surface area contributed by atoms with Crippen LogP contribution in [0.2, 0.25) is 0 Å². The molecule has 4 rings (SSSR count). The van der Waals surface area contributed by atoms with Gasteiger partial charge in [-0.25, -0.2) is 14.2 Å². The largest absolute Gasteiger partial charge is 0.336 e. The van der Waals surface area contributed by atoms with Gasteiger partial charge in [0, 0.05) is 31.6 Å². The van der Waals surface area contributed by atoms with E-state index < -0.39 is 17.1 Å². The molecule has 8 heteroatoms. The minimum atomic E-state index is -0.441. The Labute approximate surface area is 164 Å². The molecule has 0 aliphatic heterocycles. The Bertz CT molecular complexity index is 1350. The van der Waals surface area contributed by atoms with Crippen LogP contribution in [0.5, 0.6) is 0 Å². The van der Waals surface area contributed by atoms with Crippen LogP contribution in [-0.2, 0) is 20.5 Å². The number of fused-ring (bicyclic) bond motifs is 1. The fourth-order valence-electron chi connectivity index (χ4n) is 3.19. The first-order valence-electron chi connectivity index (χ1n) is 8.89. The van der Waals surface area contributed by atoms with Crippen LogP contribution in [0.1, 0.15) is 27.3 Å². The van der Waals surface area contributed by atoms with Gasteiger partial charge in [-0.15, -0.1) is 0 Å². The van der Waals surface area contributed by atoms with Gasteiger partial charge in [0.15, 0.2) is 11.4 Å². The van der Waals surface area contributed by atoms with Crippen molar-refractivity contribution in [3.05, 3.63) is 97.7 Å². The first-order chi connectivity index (χ1) is 13.8. The summed E-state index contributed by atoms with van der Waals surface area (Å²) in [6.07, 6.45) is 0.400. The number of hydrogen-bond donors (Lipinski definition) is 1. The fraction of sp³-hybridized carbons (Fsp3) is 0.143. The number of carbonyl (C=O) groups is 1. The molecule has 7 nitrogen and oxygen atoms in total. The zero-order chi connectivity index (χ0) is 20.7. The molecule has 0 amide bonds. The van der Waals surface area contributed by atoms with E-state index in [4.69, 9.17) is 0 Å². The van der Waals surface area contributed by atoms with Gasteiger partial charge in [-0.3, -0.25) is 18.7 Å². The van der Waals surface area contributed by atoms with Gasteiger partial charge in [0.25, 0.3) is 5.56 Å². The van der Waals surface area contributed by atoms with Crippen LogP contribution in [-0.4, -0.2) is 24.9 Å². The molecule has 2 heterocycles. The highest BCUT2D eigenvalue weighted by Crippen LogP contribution is 2.14. The second kappa shape index (κ2) is 6.97. The predicted molar refractivity (Wildman–Crippen MR) is 106 cm³/mol. The van der Waals surface area contributed by atoms with Crippen LogP contribution in [0.15, 0.2) is 58.1 Å². The fourth-order valence-corrected chi connectivity index (χ4v) is 3.19. The average molecular weight is 392 g/mol. The van der Waals surface area contributed by atoms with Gasteiger partial charge >= 0.3 is 5.69 Å². The molecule has 0 aliphatic rings. The van der Waals surface area contributed by atoms with Gasteiger partial charge in [-0.2, -0.15) is 0 Å². The number of hydrogen-bond acceptors (Lipinski definition) is 4. The zero-order valence-corrected chi connectivity index (χ0v) is 15.8. The maximum atomic E-state index is 13.0. The minimum Gasteiger partial charge on any atom is -0.336 e. The zero-order valence-electron chi connectivity index (χ0n) is 15.8. The van der Waals surface area contributed by atoms with E-state index in [2.05, 4.69) is 9.97 Å². The molecule has 0 spiro atoms. The Morgan fingerprint density at radius 1 is 0.966 bits per heavy atom. The number of nitrogens with zero attached hydrogens (tertiary/aromatic N) is 3. The highest BCUT2D eigenvalue weighted by atomic mass is 19.1. The lowest BCUT2D eigenvalue weighted by Crippen LogP contribution is -2.36. The van der Waals surface area contributed by atoms with Gasteiger partial charge in [0.05, 0.1) is 0 Å². The van der Waals surface area contributed by atoms with Crippen LogP contribution >= 0.6 is 0 Å². The average Bonchev–Trinajstić information content (AvgIpc) is 3.15. The molecule has 0 saturated carbocycles. The maximum absolute atomic E-state index is 13.0. The van der Waals surface area contributed by atoms with Crippen molar-refractivity contribution in [2.75, 3.05) is 0 Å². The van der Waals surface area contributed by atoms with Crippen molar-refractivity contribution < 1.29 is 9.18 Å². The molecule has 4 aromatic rings. The second-order valence-electron chi connectivity index (χ2n) is 6.80. The normalized spacial score (nSPS) is 11.1. The quantitative estimate of drug-likeness (QED) is 0.538. The molecule has 0 atom stereocenters. The Morgan fingerprint density at radius 3 is 2.17 bits per heavy atom. The van der Waals surface area contributed by atoms with E-state index in [0.29, 0.717) is 29.0 Å². The Morgan fingerprint density at radius 2 is 1.55 bits per heavy atom. The van der Waals surface area contributed by atoms with Gasteiger partial charge in [0.1, 0.15) is 17.2 Å². The van der Waals surface area contributed by atoms with Crippen LogP contribution in [0.3, 0.4) is 0 Å². The smallest absolute Gasteiger partial charge is 0.332 e. The van der Waals surface area contributed by atoms with Gasteiger partial charge in [-0.1, -0.05) is 24.3 Å². The highest BCUT2D eigenvalue weighted by molar-refractivity contribution is 6.08. The highest BCUT2D eigenvalue weighted by Gasteiger charge is 2.14. The first-order valence-corrected chi connectivity index (χ1v) is 8.89. The lowest BCUT2D eigenvalue weighted by atomic mass is 10.0. The second-order valence-corrected chi connectivity index (χ2v) is 6.80. The molecule has 2 aromatic heterocycles. The van der Waals surface area contributed by atoms with Crippen LogP contribution < -0.4 is 11.2 Å². The van der Waals surface area contributed by atoms with E-state index in [9.17, 15) is 18.8 Å². The number of aromatic amines is 1. The van der Waals surface area contributed by atoms with E-state index >= 15 is 0 Å². The molecule has 0 unspecified atom stereocenters. The van der Waals surface area contributed by atoms with Crippen molar-refractivity contribution >= 4 is 16.9 Å². The third kappa shape index (κ3) is 3.29. The van der Waals surface area contributed by atoms with Gasteiger partial charge < -0.3 is 4.98 Å². The summed E-state index contributed by atoms with van der Waals surface area (Å²) in [5.74, 6) is -0.0511. The summed E-state index contributed by atoms with van der Waals surface area (Å²) >= 11 is 0. The summed E-state index contributed by atoms with van der Waals surface area (Å²) in [4.78, 5) is 44.1. The Balaban J connectivity index is 1.61. The van der Waals surface area contributed by atoms with Crippen molar-refractivity contribution in [1.82, 2.24) is 19.1 Å². The van der Waals surface area contributed by atoms with Crippen molar-refractivity contribution in [3.63, 3.8) is 0 Å². The van der Waals surface area contributed by atoms with E-state index in [1.165, 1.54) is 35.9 Å². The van der Waals surface area contributed by atoms with Crippen LogP contribution in [0.25, 0.3) is 11.2 Å². The van der Waals surface area contributed by atoms with Crippen molar-refractivity contribution in [1.29, 1.82) is 0 Å². The van der Waals surface area contributed by atoms with E-state index in [1.807, 2.05) is 0 Å². The van der Waals surface area contributed by atoms with Gasteiger partial charge in [-0.05, 0) is 29.8 Å². The van der Waals surface area contributed by atoms with Crippen molar-refractivity contribution in [3.8, 4) is 0 Å². The number of rotatable bonds is 4. The topological polar surface area (TPSA) is 89.8 Å². The van der Waals surface area contributed by atoms with Gasteiger partial charge in [0.2, 0.25) is 0 Å². The molecule has 0 aliphatic carbocycles. The summed E-state index contributed by atoms with van der Waals surface area (Å²) in [7, 11) is 2.98. The predicted octanol–water partition coefficient (Wildman–Crippen LogP) is 1.92. The Kier molecular flexibility index (Phi) is 4.46. The lowest BCUT2D eigenvalue weighted by molar-refractivity contribution is 0.103. The lowest BCUT2D eigenvalue weighted by Gasteiger charge is -2.03. The summed E-state index contributed by atoms with van der Waals surface area (Å²) in [5, 5.41) is 0. The summed E-state index contributed by atoms with van der Waals surface area (Å²) < 4.78 is 15.4. The number of halogens is 1. The molecule has 1 N–H and O–H groups in total. The van der Waals surface area contributed by atoms with E-state index in [-0.39, 0.29) is 11.3 Å². The monoisotopic (exact) mass is 392 g/mol. The molecule has 2 aromatic carbocycles. The number of aromatic nitrogens is 4. The number of ketones is 1. The number of carbonyl (C=O) groups excluding carboxylic acids is 1. The number of nitrogens with one attached hydrogen (secondary N) is 1. The molecular weight excluding hydrogens is 375 g/mol. The molecule has 0 saturated heterocycles. The number of imidazole rings is 1. The Hall–Kier alpha value is -3.81. The first kappa shape index (κ1) is 18.5. The molecule has 0 bridgehead atoms. The van der Waals surface area contributed by atoms with E-state index in [0.717, 1.165) is 10.1 Å². The maximum Gasteiger partial charge on any atom is 0.332 e. The molecule has 0 fully saturated rings. The van der Waals surface area contributed by atoms with Crippen molar-refractivity contribution in [2.45, 2.75) is 6.42 Å². The molecule has 146 valence electrons. The minimum absolute atomic E-state index is 0.196. The number of H-pyrrole nitrogens is 1. The molecular formula is C21H17FN4O3. The summed E-state index contributed by atoms with van der Waals surface area (Å²) in [6.45, 7) is 0. The third-order valence-corrected chi connectivity index (χ3v) is 4.84. The number of benzene rings is 2. The molecule has 29 heavy (non-hydrogen) atoms. The van der Waals surface area contributed by atoms with Crippen LogP contribution in [0, 0.1) is 5.82 Å². The third-order valence-electron chi connectivity index (χ3n) is 4.84. The van der Waals surface area contributed by atoms with Crippen LogP contribution in [0.4, 0.5) is 4.39 Å². The summed E-state index contributed by atoms with van der Waals surface area (Å²) in [6, 6.07) is 12.4.